The van der Waals surface area contributed by atoms with Gasteiger partial charge in [-0.1, -0.05) is 32.9 Å². The number of ether oxygens (including phenoxy) is 1. The number of amides is 2. The van der Waals surface area contributed by atoms with Crippen LogP contribution in [0.3, 0.4) is 0 Å². The van der Waals surface area contributed by atoms with Crippen molar-refractivity contribution in [1.29, 1.82) is 0 Å². The van der Waals surface area contributed by atoms with Crippen LogP contribution in [0.25, 0.3) is 0 Å². The molecule has 2 amide bonds. The van der Waals surface area contributed by atoms with Crippen molar-refractivity contribution in [2.75, 3.05) is 30.4 Å². The summed E-state index contributed by atoms with van der Waals surface area (Å²) in [6.07, 6.45) is 1.33. The van der Waals surface area contributed by atoms with E-state index in [9.17, 15) is 9.59 Å². The molecule has 0 radical (unpaired) electrons. The minimum atomic E-state index is -0.729. The van der Waals surface area contributed by atoms with Crippen molar-refractivity contribution < 1.29 is 19.4 Å². The quantitative estimate of drug-likeness (QED) is 0.557. The van der Waals surface area contributed by atoms with Gasteiger partial charge in [-0.05, 0) is 59.7 Å². The standard InChI is InChI=1S/C25H31N3O4/c1-24(2,3)13-16-4-9-20-19(12-16)25(23(31)28-20)14-21(26-15-25)22(30)27-17-5-7-18(8-6-17)32-11-10-29/h4-9,12,21,26,29H,10-11,13-15H2,1-3H3,(H,27,30)(H,28,31). The average molecular weight is 438 g/mol. The molecule has 2 heterocycles. The number of fused-ring (bicyclic) bond motifs is 2. The summed E-state index contributed by atoms with van der Waals surface area (Å²) in [6, 6.07) is 12.7. The fraction of sp³-hybridized carbons (Fsp3) is 0.440. The van der Waals surface area contributed by atoms with Crippen LogP contribution in [0.2, 0.25) is 0 Å². The molecule has 170 valence electrons. The Kier molecular flexibility index (Phi) is 5.97. The summed E-state index contributed by atoms with van der Waals surface area (Å²) in [6.45, 7) is 7.19. The Hall–Kier alpha value is -2.90. The molecule has 7 nitrogen and oxygen atoms in total. The fourth-order valence-corrected chi connectivity index (χ4v) is 4.56. The third kappa shape index (κ3) is 4.49. The van der Waals surface area contributed by atoms with Gasteiger partial charge in [0.25, 0.3) is 0 Å². The molecular weight excluding hydrogens is 406 g/mol. The lowest BCUT2D eigenvalue weighted by molar-refractivity contribution is -0.120. The van der Waals surface area contributed by atoms with Crippen LogP contribution in [-0.4, -0.2) is 42.7 Å². The molecule has 2 aromatic carbocycles. The predicted octanol–water partition coefficient (Wildman–Crippen LogP) is 2.84. The Morgan fingerprint density at radius 1 is 1.22 bits per heavy atom. The van der Waals surface area contributed by atoms with E-state index in [1.807, 2.05) is 6.07 Å². The zero-order chi connectivity index (χ0) is 22.9. The van der Waals surface area contributed by atoms with Crippen LogP contribution < -0.4 is 20.7 Å². The molecule has 0 saturated carbocycles. The number of hydrogen-bond acceptors (Lipinski definition) is 5. The molecule has 2 unspecified atom stereocenters. The number of anilines is 2. The molecule has 7 heteroatoms. The van der Waals surface area contributed by atoms with Gasteiger partial charge in [-0.25, -0.2) is 0 Å². The highest BCUT2D eigenvalue weighted by atomic mass is 16.5. The fourth-order valence-electron chi connectivity index (χ4n) is 4.56. The number of hydrogen-bond donors (Lipinski definition) is 4. The van der Waals surface area contributed by atoms with Crippen LogP contribution >= 0.6 is 0 Å². The van der Waals surface area contributed by atoms with Gasteiger partial charge in [0.1, 0.15) is 12.4 Å². The van der Waals surface area contributed by atoms with Crippen molar-refractivity contribution in [3.63, 3.8) is 0 Å². The van der Waals surface area contributed by atoms with Crippen molar-refractivity contribution in [3.05, 3.63) is 53.6 Å². The second-order valence-electron chi connectivity index (χ2n) is 9.88. The molecule has 0 bridgehead atoms. The molecule has 1 fully saturated rings. The highest BCUT2D eigenvalue weighted by Crippen LogP contribution is 2.44. The highest BCUT2D eigenvalue weighted by Gasteiger charge is 2.53. The number of nitrogens with one attached hydrogen (secondary N) is 3. The Labute approximate surface area is 188 Å². The minimum absolute atomic E-state index is 0.0476. The molecular formula is C25H31N3O4. The van der Waals surface area contributed by atoms with E-state index >= 15 is 0 Å². The van der Waals surface area contributed by atoms with Crippen LogP contribution in [0.15, 0.2) is 42.5 Å². The number of rotatable bonds is 6. The number of benzene rings is 2. The van der Waals surface area contributed by atoms with Crippen LogP contribution in [0.1, 0.15) is 38.3 Å². The molecule has 0 aliphatic carbocycles. The Morgan fingerprint density at radius 3 is 2.66 bits per heavy atom. The van der Waals surface area contributed by atoms with E-state index in [2.05, 4.69) is 48.9 Å². The molecule has 1 saturated heterocycles. The number of carbonyl (C=O) groups excluding carboxylic acids is 2. The van der Waals surface area contributed by atoms with Gasteiger partial charge in [0.2, 0.25) is 11.8 Å². The van der Waals surface area contributed by atoms with E-state index in [0.717, 1.165) is 17.7 Å². The summed E-state index contributed by atoms with van der Waals surface area (Å²) >= 11 is 0. The van der Waals surface area contributed by atoms with Crippen LogP contribution in [-0.2, 0) is 21.4 Å². The van der Waals surface area contributed by atoms with Gasteiger partial charge in [-0.3, -0.25) is 9.59 Å². The van der Waals surface area contributed by atoms with E-state index in [0.29, 0.717) is 24.4 Å². The van der Waals surface area contributed by atoms with Gasteiger partial charge < -0.3 is 25.8 Å². The van der Waals surface area contributed by atoms with Gasteiger partial charge in [-0.15, -0.1) is 0 Å². The summed E-state index contributed by atoms with van der Waals surface area (Å²) in [4.78, 5) is 25.9. The van der Waals surface area contributed by atoms with Gasteiger partial charge in [-0.2, -0.15) is 0 Å². The third-order valence-corrected chi connectivity index (χ3v) is 6.02. The van der Waals surface area contributed by atoms with Crippen molar-refractivity contribution in [2.45, 2.75) is 45.1 Å². The van der Waals surface area contributed by atoms with Crippen molar-refractivity contribution in [1.82, 2.24) is 5.32 Å². The molecule has 2 aromatic rings. The summed E-state index contributed by atoms with van der Waals surface area (Å²) in [5, 5.41) is 18.0. The first-order valence-electron chi connectivity index (χ1n) is 11.0. The summed E-state index contributed by atoms with van der Waals surface area (Å²) in [5.74, 6) is 0.409. The lowest BCUT2D eigenvalue weighted by atomic mass is 9.78. The van der Waals surface area contributed by atoms with E-state index in [1.54, 1.807) is 24.3 Å². The monoisotopic (exact) mass is 437 g/mol. The number of aliphatic hydroxyl groups is 1. The first-order chi connectivity index (χ1) is 15.2. The zero-order valence-electron chi connectivity index (χ0n) is 18.8. The first kappa shape index (κ1) is 22.3. The lowest BCUT2D eigenvalue weighted by Gasteiger charge is -2.23. The molecule has 2 aliphatic heterocycles. The van der Waals surface area contributed by atoms with E-state index < -0.39 is 11.5 Å². The van der Waals surface area contributed by atoms with Crippen molar-refractivity contribution in [2.24, 2.45) is 5.41 Å². The van der Waals surface area contributed by atoms with Crippen molar-refractivity contribution in [3.8, 4) is 5.75 Å². The molecule has 0 aromatic heterocycles. The molecule has 2 aliphatic rings. The van der Waals surface area contributed by atoms with Crippen molar-refractivity contribution >= 4 is 23.2 Å². The lowest BCUT2D eigenvalue weighted by Crippen LogP contribution is -2.36. The largest absolute Gasteiger partial charge is 0.491 e. The van der Waals surface area contributed by atoms with E-state index in [4.69, 9.17) is 9.84 Å². The molecule has 4 N–H and O–H groups in total. The first-order valence-corrected chi connectivity index (χ1v) is 11.0. The van der Waals surface area contributed by atoms with Crippen LogP contribution in [0.4, 0.5) is 11.4 Å². The molecule has 4 rings (SSSR count). The third-order valence-electron chi connectivity index (χ3n) is 6.02. The zero-order valence-corrected chi connectivity index (χ0v) is 18.8. The highest BCUT2D eigenvalue weighted by molar-refractivity contribution is 6.08. The molecule has 1 spiro atoms. The smallest absolute Gasteiger partial charge is 0.241 e. The summed E-state index contributed by atoms with van der Waals surface area (Å²) in [7, 11) is 0. The number of carbonyl (C=O) groups is 2. The maximum absolute atomic E-state index is 13.0. The minimum Gasteiger partial charge on any atom is -0.491 e. The van der Waals surface area contributed by atoms with Gasteiger partial charge in [0.05, 0.1) is 18.1 Å². The summed E-state index contributed by atoms with van der Waals surface area (Å²) < 4.78 is 5.34. The molecule has 32 heavy (non-hydrogen) atoms. The van der Waals surface area contributed by atoms with E-state index in [1.165, 1.54) is 5.56 Å². The van der Waals surface area contributed by atoms with E-state index in [-0.39, 0.29) is 30.4 Å². The maximum Gasteiger partial charge on any atom is 0.241 e. The van der Waals surface area contributed by atoms with Crippen LogP contribution in [0.5, 0.6) is 5.75 Å². The Morgan fingerprint density at radius 2 is 1.97 bits per heavy atom. The average Bonchev–Trinajstić information content (AvgIpc) is 3.30. The van der Waals surface area contributed by atoms with Gasteiger partial charge in [0.15, 0.2) is 0 Å². The topological polar surface area (TPSA) is 99.7 Å². The maximum atomic E-state index is 13.0. The van der Waals surface area contributed by atoms with Gasteiger partial charge in [0, 0.05) is 17.9 Å². The Balaban J connectivity index is 1.47. The predicted molar refractivity (Wildman–Crippen MR) is 124 cm³/mol. The number of aliphatic hydroxyl groups excluding tert-OH is 1. The van der Waals surface area contributed by atoms with Crippen LogP contribution in [0, 0.1) is 5.41 Å². The molecule has 2 atom stereocenters. The second kappa shape index (κ2) is 8.56. The van der Waals surface area contributed by atoms with Gasteiger partial charge >= 0.3 is 0 Å². The normalized spacial score (nSPS) is 22.0. The second-order valence-corrected chi connectivity index (χ2v) is 9.88. The summed E-state index contributed by atoms with van der Waals surface area (Å²) in [5.41, 5.74) is 3.09. The SMILES string of the molecule is CC(C)(C)Cc1ccc2c(c1)C1(CNC(C(=O)Nc3ccc(OCCO)cc3)C1)C(=O)N2. The Bertz CT molecular complexity index is 1010.